The molecule has 0 aliphatic heterocycles. The summed E-state index contributed by atoms with van der Waals surface area (Å²) in [6.45, 7) is 5.13. The molecule has 0 radical (unpaired) electrons. The van der Waals surface area contributed by atoms with Crippen LogP contribution in [0, 0.1) is 5.41 Å². The van der Waals surface area contributed by atoms with Crippen molar-refractivity contribution in [1.82, 2.24) is 9.78 Å². The lowest BCUT2D eigenvalue weighted by Gasteiger charge is -2.37. The van der Waals surface area contributed by atoms with Crippen molar-refractivity contribution < 1.29 is 5.11 Å². The summed E-state index contributed by atoms with van der Waals surface area (Å²) < 4.78 is 1.88. The molecular formula is C13H22N2O. The summed E-state index contributed by atoms with van der Waals surface area (Å²) in [6, 6.07) is 0. The highest BCUT2D eigenvalue weighted by atomic mass is 16.3. The zero-order chi connectivity index (χ0) is 11.6. The first-order valence-corrected chi connectivity index (χ1v) is 6.36. The molecule has 1 atom stereocenters. The molecule has 1 aliphatic carbocycles. The van der Waals surface area contributed by atoms with Crippen LogP contribution in [0.4, 0.5) is 0 Å². The second-order valence-electron chi connectivity index (χ2n) is 5.25. The van der Waals surface area contributed by atoms with Crippen LogP contribution in [0.15, 0.2) is 12.4 Å². The Hall–Kier alpha value is -0.830. The van der Waals surface area contributed by atoms with E-state index in [1.165, 1.54) is 19.3 Å². The Balaban J connectivity index is 2.13. The van der Waals surface area contributed by atoms with Crippen LogP contribution in [0.25, 0.3) is 0 Å². The first-order chi connectivity index (χ1) is 7.65. The van der Waals surface area contributed by atoms with Crippen LogP contribution in [0.2, 0.25) is 0 Å². The van der Waals surface area contributed by atoms with Crippen LogP contribution in [-0.4, -0.2) is 14.9 Å². The molecule has 1 saturated carbocycles. The van der Waals surface area contributed by atoms with Gasteiger partial charge in [0.05, 0.1) is 12.3 Å². The van der Waals surface area contributed by atoms with Crippen molar-refractivity contribution in [2.75, 3.05) is 0 Å². The monoisotopic (exact) mass is 222 g/mol. The van der Waals surface area contributed by atoms with Gasteiger partial charge >= 0.3 is 0 Å². The van der Waals surface area contributed by atoms with Crippen molar-refractivity contribution in [3.05, 3.63) is 18.0 Å². The third kappa shape index (κ3) is 2.14. The molecular weight excluding hydrogens is 200 g/mol. The van der Waals surface area contributed by atoms with Crippen molar-refractivity contribution in [1.29, 1.82) is 0 Å². The molecule has 0 bridgehead atoms. The molecule has 0 saturated heterocycles. The van der Waals surface area contributed by atoms with E-state index in [4.69, 9.17) is 0 Å². The van der Waals surface area contributed by atoms with Gasteiger partial charge in [0, 0.05) is 18.3 Å². The zero-order valence-electron chi connectivity index (χ0n) is 10.3. The molecule has 1 aliphatic rings. The van der Waals surface area contributed by atoms with E-state index in [1.54, 1.807) is 0 Å². The molecule has 2 rings (SSSR count). The van der Waals surface area contributed by atoms with Crippen LogP contribution in [0.1, 0.15) is 57.6 Å². The smallest absolute Gasteiger partial charge is 0.0873 e. The van der Waals surface area contributed by atoms with Gasteiger partial charge in [0.1, 0.15) is 0 Å². The van der Waals surface area contributed by atoms with E-state index in [2.05, 4.69) is 18.9 Å². The first kappa shape index (κ1) is 11.6. The average Bonchev–Trinajstić information content (AvgIpc) is 2.77. The SMILES string of the molecule is CCn1cc(C(O)C2(C)CCCCC2)cn1. The summed E-state index contributed by atoms with van der Waals surface area (Å²) in [5, 5.41) is 14.7. The Morgan fingerprint density at radius 2 is 2.12 bits per heavy atom. The normalized spacial score (nSPS) is 21.9. The molecule has 1 N–H and O–H groups in total. The number of aromatic nitrogens is 2. The predicted octanol–water partition coefficient (Wildman–Crippen LogP) is 2.91. The largest absolute Gasteiger partial charge is 0.388 e. The van der Waals surface area contributed by atoms with Gasteiger partial charge in [-0.1, -0.05) is 26.2 Å². The van der Waals surface area contributed by atoms with Gasteiger partial charge in [-0.2, -0.15) is 5.10 Å². The Labute approximate surface area is 97.5 Å². The number of nitrogens with zero attached hydrogens (tertiary/aromatic N) is 2. The molecule has 1 heterocycles. The van der Waals surface area contributed by atoms with Crippen molar-refractivity contribution in [3.63, 3.8) is 0 Å². The average molecular weight is 222 g/mol. The van der Waals surface area contributed by atoms with Gasteiger partial charge in [-0.3, -0.25) is 4.68 Å². The second-order valence-corrected chi connectivity index (χ2v) is 5.25. The van der Waals surface area contributed by atoms with E-state index >= 15 is 0 Å². The molecule has 16 heavy (non-hydrogen) atoms. The summed E-state index contributed by atoms with van der Waals surface area (Å²) >= 11 is 0. The molecule has 3 heteroatoms. The third-order valence-electron chi connectivity index (χ3n) is 3.95. The van der Waals surface area contributed by atoms with Gasteiger partial charge in [-0.25, -0.2) is 0 Å². The number of hydrogen-bond donors (Lipinski definition) is 1. The molecule has 0 spiro atoms. The number of hydrogen-bond acceptors (Lipinski definition) is 2. The molecule has 1 unspecified atom stereocenters. The number of aryl methyl sites for hydroxylation is 1. The Bertz CT molecular complexity index is 339. The Morgan fingerprint density at radius 3 is 2.69 bits per heavy atom. The summed E-state index contributed by atoms with van der Waals surface area (Å²) in [6.07, 6.45) is 9.50. The third-order valence-corrected chi connectivity index (χ3v) is 3.95. The summed E-state index contributed by atoms with van der Waals surface area (Å²) in [5.74, 6) is 0. The van der Waals surface area contributed by atoms with Gasteiger partial charge in [-0.15, -0.1) is 0 Å². The van der Waals surface area contributed by atoms with Crippen LogP contribution < -0.4 is 0 Å². The molecule has 1 fully saturated rings. The lowest BCUT2D eigenvalue weighted by atomic mass is 9.70. The van der Waals surface area contributed by atoms with Crippen LogP contribution in [0.3, 0.4) is 0 Å². The van der Waals surface area contributed by atoms with E-state index in [0.29, 0.717) is 0 Å². The summed E-state index contributed by atoms with van der Waals surface area (Å²) in [4.78, 5) is 0. The minimum atomic E-state index is -0.354. The summed E-state index contributed by atoms with van der Waals surface area (Å²) in [7, 11) is 0. The van der Waals surface area contributed by atoms with E-state index in [1.807, 2.05) is 17.1 Å². The van der Waals surface area contributed by atoms with Crippen LogP contribution in [-0.2, 0) is 6.54 Å². The maximum absolute atomic E-state index is 10.5. The van der Waals surface area contributed by atoms with E-state index in [9.17, 15) is 5.11 Å². The van der Waals surface area contributed by atoms with E-state index in [-0.39, 0.29) is 11.5 Å². The van der Waals surface area contributed by atoms with Gasteiger partial charge in [0.15, 0.2) is 0 Å². The molecule has 0 aromatic carbocycles. The maximum atomic E-state index is 10.5. The van der Waals surface area contributed by atoms with E-state index < -0.39 is 0 Å². The molecule has 3 nitrogen and oxygen atoms in total. The van der Waals surface area contributed by atoms with Gasteiger partial charge in [-0.05, 0) is 25.2 Å². The molecule has 90 valence electrons. The fraction of sp³-hybridized carbons (Fsp3) is 0.769. The van der Waals surface area contributed by atoms with Gasteiger partial charge in [0.25, 0.3) is 0 Å². The predicted molar refractivity (Wildman–Crippen MR) is 64.1 cm³/mol. The number of rotatable bonds is 3. The van der Waals surface area contributed by atoms with Crippen molar-refractivity contribution in [2.24, 2.45) is 5.41 Å². The number of aliphatic hydroxyl groups excluding tert-OH is 1. The lowest BCUT2D eigenvalue weighted by molar-refractivity contribution is 0.00813. The topological polar surface area (TPSA) is 38.0 Å². The lowest BCUT2D eigenvalue weighted by Crippen LogP contribution is -2.28. The van der Waals surface area contributed by atoms with Crippen LogP contribution >= 0.6 is 0 Å². The zero-order valence-corrected chi connectivity index (χ0v) is 10.3. The van der Waals surface area contributed by atoms with Gasteiger partial charge in [0.2, 0.25) is 0 Å². The van der Waals surface area contributed by atoms with Crippen LogP contribution in [0.5, 0.6) is 0 Å². The van der Waals surface area contributed by atoms with Crippen molar-refractivity contribution >= 4 is 0 Å². The fourth-order valence-corrected chi connectivity index (χ4v) is 2.73. The fourth-order valence-electron chi connectivity index (χ4n) is 2.73. The van der Waals surface area contributed by atoms with Crippen molar-refractivity contribution in [3.8, 4) is 0 Å². The highest BCUT2D eigenvalue weighted by Crippen LogP contribution is 2.45. The summed E-state index contributed by atoms with van der Waals surface area (Å²) in [5.41, 5.74) is 1.03. The van der Waals surface area contributed by atoms with Crippen molar-refractivity contribution in [2.45, 2.75) is 58.6 Å². The quantitative estimate of drug-likeness (QED) is 0.854. The highest BCUT2D eigenvalue weighted by Gasteiger charge is 2.35. The van der Waals surface area contributed by atoms with E-state index in [0.717, 1.165) is 24.9 Å². The highest BCUT2D eigenvalue weighted by molar-refractivity contribution is 5.12. The standard InChI is InChI=1S/C13H22N2O/c1-3-15-10-11(9-14-15)12(16)13(2)7-5-4-6-8-13/h9-10,12,16H,3-8H2,1-2H3. The Kier molecular flexibility index (Phi) is 3.33. The number of aliphatic hydroxyl groups is 1. The molecule has 0 amide bonds. The first-order valence-electron chi connectivity index (χ1n) is 6.36. The van der Waals surface area contributed by atoms with Gasteiger partial charge < -0.3 is 5.11 Å². The maximum Gasteiger partial charge on any atom is 0.0873 e. The minimum absolute atomic E-state index is 0.0554. The second kappa shape index (κ2) is 4.58. The minimum Gasteiger partial charge on any atom is -0.388 e. The molecule has 1 aromatic heterocycles. The Morgan fingerprint density at radius 1 is 1.44 bits per heavy atom. The molecule has 1 aromatic rings.